The molecule has 34 heavy (non-hydrogen) atoms. The van der Waals surface area contributed by atoms with Gasteiger partial charge in [-0.15, -0.1) is 0 Å². The van der Waals surface area contributed by atoms with Gasteiger partial charge in [-0.25, -0.2) is 0 Å². The van der Waals surface area contributed by atoms with E-state index in [2.05, 4.69) is 0 Å². The van der Waals surface area contributed by atoms with E-state index >= 15 is 0 Å². The van der Waals surface area contributed by atoms with E-state index in [9.17, 15) is 24.8 Å². The van der Waals surface area contributed by atoms with Gasteiger partial charge >= 0.3 is 0 Å². The number of non-ortho nitro benzene ring substituents is 1. The number of hydrogen-bond donors (Lipinski definition) is 1. The van der Waals surface area contributed by atoms with Crippen molar-refractivity contribution >= 4 is 28.8 Å². The van der Waals surface area contributed by atoms with Gasteiger partial charge in [0.15, 0.2) is 0 Å². The quantitative estimate of drug-likeness (QED) is 0.175. The zero-order chi connectivity index (χ0) is 24.2. The van der Waals surface area contributed by atoms with Crippen molar-refractivity contribution < 1.29 is 24.4 Å². The number of rotatable bonds is 7. The molecule has 0 aliphatic carbocycles. The topological polar surface area (TPSA) is 110 Å². The minimum absolute atomic E-state index is 0.0927. The average Bonchev–Trinajstić information content (AvgIpc) is 3.13. The maximum absolute atomic E-state index is 13.1. The highest BCUT2D eigenvalue weighted by Crippen LogP contribution is 2.42. The lowest BCUT2D eigenvalue weighted by Gasteiger charge is -2.25. The number of nitrogens with zero attached hydrogens (tertiary/aromatic N) is 2. The smallest absolute Gasteiger partial charge is 0.300 e. The molecule has 1 N–H and O–H groups in total. The van der Waals surface area contributed by atoms with E-state index < -0.39 is 28.4 Å². The summed E-state index contributed by atoms with van der Waals surface area (Å²) in [7, 11) is 0. The van der Waals surface area contributed by atoms with Gasteiger partial charge < -0.3 is 9.84 Å². The van der Waals surface area contributed by atoms with Crippen LogP contribution in [-0.4, -0.2) is 28.3 Å². The van der Waals surface area contributed by atoms with Crippen molar-refractivity contribution in [2.24, 2.45) is 0 Å². The van der Waals surface area contributed by atoms with Gasteiger partial charge in [0.25, 0.3) is 17.4 Å². The normalized spacial score (nSPS) is 17.1. The van der Waals surface area contributed by atoms with Gasteiger partial charge in [0.05, 0.1) is 23.1 Å². The van der Waals surface area contributed by atoms with Gasteiger partial charge in [0.2, 0.25) is 0 Å². The van der Waals surface area contributed by atoms with Crippen LogP contribution in [0.1, 0.15) is 30.5 Å². The number of para-hydroxylation sites is 1. The summed E-state index contributed by atoms with van der Waals surface area (Å²) in [4.78, 5) is 38.0. The fraction of sp³-hybridized carbons (Fsp3) is 0.154. The maximum Gasteiger partial charge on any atom is 0.300 e. The Hall–Kier alpha value is -4.46. The molecule has 0 spiro atoms. The predicted molar refractivity (Wildman–Crippen MR) is 127 cm³/mol. The molecule has 8 heteroatoms. The molecule has 1 aliphatic rings. The van der Waals surface area contributed by atoms with Crippen LogP contribution in [0.4, 0.5) is 11.4 Å². The van der Waals surface area contributed by atoms with Crippen LogP contribution in [-0.2, 0) is 9.59 Å². The molecule has 4 rings (SSSR count). The molecule has 3 aromatic carbocycles. The fourth-order valence-electron chi connectivity index (χ4n) is 3.87. The molecule has 1 saturated heterocycles. The number of nitro benzene ring substituents is 1. The Balaban J connectivity index is 1.84. The van der Waals surface area contributed by atoms with E-state index in [-0.39, 0.29) is 16.8 Å². The summed E-state index contributed by atoms with van der Waals surface area (Å²) in [5, 5.41) is 22.1. The number of benzene rings is 3. The summed E-state index contributed by atoms with van der Waals surface area (Å²) in [6, 6.07) is 20.0. The number of Topliss-reactive ketones (excluding diaryl/α,β-unsaturated/α-hetero) is 1. The van der Waals surface area contributed by atoms with Crippen LogP contribution in [0.25, 0.3) is 5.76 Å². The van der Waals surface area contributed by atoms with Crippen molar-refractivity contribution in [3.63, 3.8) is 0 Å². The minimum atomic E-state index is -0.891. The van der Waals surface area contributed by atoms with Crippen LogP contribution < -0.4 is 9.64 Å². The predicted octanol–water partition coefficient (Wildman–Crippen LogP) is 5.01. The summed E-state index contributed by atoms with van der Waals surface area (Å²) < 4.78 is 5.64. The van der Waals surface area contributed by atoms with E-state index in [1.54, 1.807) is 54.6 Å². The maximum atomic E-state index is 13.1. The lowest BCUT2D eigenvalue weighted by Crippen LogP contribution is -2.29. The van der Waals surface area contributed by atoms with Crippen LogP contribution in [0.2, 0.25) is 0 Å². The highest BCUT2D eigenvalue weighted by Gasteiger charge is 2.46. The zero-order valence-electron chi connectivity index (χ0n) is 18.4. The number of ether oxygens (including phenoxy) is 1. The fourth-order valence-corrected chi connectivity index (χ4v) is 3.87. The molecule has 8 nitrogen and oxygen atoms in total. The van der Waals surface area contributed by atoms with Crippen LogP contribution in [0, 0.1) is 10.1 Å². The Kier molecular flexibility index (Phi) is 6.40. The van der Waals surface area contributed by atoms with Gasteiger partial charge in [-0.05, 0) is 48.4 Å². The molecule has 1 fully saturated rings. The van der Waals surface area contributed by atoms with Gasteiger partial charge in [-0.1, -0.05) is 37.3 Å². The molecule has 3 aromatic rings. The van der Waals surface area contributed by atoms with Gasteiger partial charge in [-0.3, -0.25) is 24.6 Å². The van der Waals surface area contributed by atoms with Crippen molar-refractivity contribution in [3.05, 3.63) is 106 Å². The highest BCUT2D eigenvalue weighted by atomic mass is 16.6. The lowest BCUT2D eigenvalue weighted by molar-refractivity contribution is -0.384. The number of aliphatic hydroxyl groups excluding tert-OH is 1. The average molecular weight is 458 g/mol. The van der Waals surface area contributed by atoms with Gasteiger partial charge in [-0.2, -0.15) is 0 Å². The third-order valence-electron chi connectivity index (χ3n) is 5.50. The first-order valence-corrected chi connectivity index (χ1v) is 10.8. The second-order valence-corrected chi connectivity index (χ2v) is 7.73. The number of hydrogen-bond acceptors (Lipinski definition) is 6. The Morgan fingerprint density at radius 1 is 1.00 bits per heavy atom. The number of carbonyl (C=O) groups excluding carboxylic acids is 2. The molecule has 1 amide bonds. The molecule has 0 aromatic heterocycles. The second kappa shape index (κ2) is 9.58. The molecule has 1 atom stereocenters. The number of anilines is 1. The molecular formula is C26H22N2O6. The van der Waals surface area contributed by atoms with E-state index in [4.69, 9.17) is 4.74 Å². The molecule has 0 saturated carbocycles. The van der Waals surface area contributed by atoms with Crippen molar-refractivity contribution in [3.8, 4) is 5.75 Å². The first kappa shape index (κ1) is 22.7. The standard InChI is InChI=1S/C26H22N2O6/c1-2-16-34-21-14-10-17(11-15-21)23-22(24(29)18-8-12-20(13-9-18)28(32)33)25(30)26(31)27(23)19-6-4-3-5-7-19/h3-15,23,29H,2,16H2,1H3/b24-22-. The van der Waals surface area contributed by atoms with Crippen molar-refractivity contribution in [2.75, 3.05) is 11.5 Å². The van der Waals surface area contributed by atoms with Crippen molar-refractivity contribution in [1.82, 2.24) is 0 Å². The van der Waals surface area contributed by atoms with E-state index in [0.717, 1.165) is 6.42 Å². The summed E-state index contributed by atoms with van der Waals surface area (Å²) >= 11 is 0. The molecule has 0 radical (unpaired) electrons. The Bertz CT molecular complexity index is 1250. The van der Waals surface area contributed by atoms with Crippen molar-refractivity contribution in [2.45, 2.75) is 19.4 Å². The van der Waals surface area contributed by atoms with E-state index in [1.807, 2.05) is 6.92 Å². The molecule has 1 unspecified atom stereocenters. The summed E-state index contributed by atoms with van der Waals surface area (Å²) in [6.07, 6.45) is 0.852. The molecular weight excluding hydrogens is 436 g/mol. The highest BCUT2D eigenvalue weighted by molar-refractivity contribution is 6.51. The Labute approximate surface area is 195 Å². The molecule has 1 heterocycles. The number of nitro groups is 1. The molecule has 1 aliphatic heterocycles. The largest absolute Gasteiger partial charge is 0.507 e. The summed E-state index contributed by atoms with van der Waals surface area (Å²) in [5.74, 6) is -1.36. The monoisotopic (exact) mass is 458 g/mol. The zero-order valence-corrected chi connectivity index (χ0v) is 18.4. The van der Waals surface area contributed by atoms with Crippen LogP contribution >= 0.6 is 0 Å². The van der Waals surface area contributed by atoms with E-state index in [0.29, 0.717) is 23.6 Å². The molecule has 172 valence electrons. The minimum Gasteiger partial charge on any atom is -0.507 e. The van der Waals surface area contributed by atoms with Gasteiger partial charge in [0.1, 0.15) is 11.5 Å². The Morgan fingerprint density at radius 3 is 2.24 bits per heavy atom. The van der Waals surface area contributed by atoms with Crippen LogP contribution in [0.3, 0.4) is 0 Å². The second-order valence-electron chi connectivity index (χ2n) is 7.73. The lowest BCUT2D eigenvalue weighted by atomic mass is 9.95. The van der Waals surface area contributed by atoms with Crippen LogP contribution in [0.15, 0.2) is 84.4 Å². The summed E-state index contributed by atoms with van der Waals surface area (Å²) in [5.41, 5.74) is 1.06. The first-order chi connectivity index (χ1) is 16.4. The number of amides is 1. The number of aliphatic hydroxyl groups is 1. The molecule has 0 bridgehead atoms. The van der Waals surface area contributed by atoms with Crippen molar-refractivity contribution in [1.29, 1.82) is 0 Å². The van der Waals surface area contributed by atoms with Crippen LogP contribution in [0.5, 0.6) is 5.75 Å². The Morgan fingerprint density at radius 2 is 1.65 bits per heavy atom. The third kappa shape index (κ3) is 4.25. The number of ketones is 1. The third-order valence-corrected chi connectivity index (χ3v) is 5.50. The van der Waals surface area contributed by atoms with Gasteiger partial charge in [0, 0.05) is 23.4 Å². The SMILES string of the molecule is CCCOc1ccc(C2/C(=C(/O)c3ccc([N+](=O)[O-])cc3)C(=O)C(=O)N2c2ccccc2)cc1. The van der Waals surface area contributed by atoms with E-state index in [1.165, 1.54) is 29.2 Å². The summed E-state index contributed by atoms with van der Waals surface area (Å²) in [6.45, 7) is 2.56. The number of carbonyl (C=O) groups is 2. The first-order valence-electron chi connectivity index (χ1n) is 10.8.